The molecule has 5 heteroatoms. The van der Waals surface area contributed by atoms with Crippen molar-refractivity contribution in [3.8, 4) is 12.3 Å². The smallest absolute Gasteiger partial charge is 0.408 e. The van der Waals surface area contributed by atoms with Gasteiger partial charge in [-0.05, 0) is 27.2 Å². The number of carboxylic acid groups (broad SMARTS) is 1. The van der Waals surface area contributed by atoms with Crippen LogP contribution in [0.5, 0.6) is 0 Å². The van der Waals surface area contributed by atoms with E-state index < -0.39 is 29.1 Å². The summed E-state index contributed by atoms with van der Waals surface area (Å²) < 4.78 is 4.97. The summed E-state index contributed by atoms with van der Waals surface area (Å²) in [6.07, 6.45) is 4.64. The average Bonchev–Trinajstić information content (AvgIpc) is 2.76. The lowest BCUT2D eigenvalue weighted by Gasteiger charge is -2.21. The van der Waals surface area contributed by atoms with Gasteiger partial charge >= 0.3 is 12.1 Å². The maximum atomic E-state index is 11.4. The van der Waals surface area contributed by atoms with Crippen molar-refractivity contribution in [3.05, 3.63) is 0 Å². The number of carbonyl (C=O) groups is 2. The van der Waals surface area contributed by atoms with Crippen LogP contribution < -0.4 is 5.32 Å². The number of nitrogens with one attached hydrogen (secondary N) is 1. The summed E-state index contributed by atoms with van der Waals surface area (Å²) in [4.78, 5) is 22.4. The van der Waals surface area contributed by atoms with E-state index in [0.29, 0.717) is 0 Å². The van der Waals surface area contributed by atoms with Gasteiger partial charge in [0.15, 0.2) is 5.54 Å². The van der Waals surface area contributed by atoms with Crippen LogP contribution in [0.3, 0.4) is 0 Å². The van der Waals surface area contributed by atoms with Gasteiger partial charge < -0.3 is 15.2 Å². The van der Waals surface area contributed by atoms with Crippen molar-refractivity contribution < 1.29 is 19.4 Å². The third-order valence-electron chi connectivity index (χ3n) is 2.27. The molecule has 88 valence electrons. The highest BCUT2D eigenvalue weighted by molar-refractivity contribution is 5.89. The lowest BCUT2D eigenvalue weighted by molar-refractivity contribution is -0.141. The van der Waals surface area contributed by atoms with Crippen LogP contribution in [0.2, 0.25) is 0 Å². The number of ether oxygens (including phenoxy) is 1. The molecule has 5 nitrogen and oxygen atoms in total. The van der Waals surface area contributed by atoms with E-state index in [2.05, 4.69) is 11.2 Å². The second-order valence-electron chi connectivity index (χ2n) is 4.83. The van der Waals surface area contributed by atoms with Gasteiger partial charge in [-0.2, -0.15) is 0 Å². The number of hydrogen-bond donors (Lipinski definition) is 2. The first-order valence-corrected chi connectivity index (χ1v) is 4.92. The van der Waals surface area contributed by atoms with Gasteiger partial charge in [-0.15, -0.1) is 12.3 Å². The fourth-order valence-corrected chi connectivity index (χ4v) is 1.38. The van der Waals surface area contributed by atoms with Crippen LogP contribution in [0.25, 0.3) is 0 Å². The van der Waals surface area contributed by atoms with Crippen LogP contribution in [-0.2, 0) is 9.53 Å². The Morgan fingerprint density at radius 3 is 2.44 bits per heavy atom. The largest absolute Gasteiger partial charge is 0.479 e. The van der Waals surface area contributed by atoms with Crippen LogP contribution in [0.1, 0.15) is 27.2 Å². The summed E-state index contributed by atoms with van der Waals surface area (Å²) in [6, 6.07) is 0. The van der Waals surface area contributed by atoms with Gasteiger partial charge in [-0.3, -0.25) is 0 Å². The highest BCUT2D eigenvalue weighted by Crippen LogP contribution is 2.43. The molecule has 16 heavy (non-hydrogen) atoms. The zero-order valence-electron chi connectivity index (χ0n) is 9.53. The molecule has 0 unspecified atom stereocenters. The van der Waals surface area contributed by atoms with Gasteiger partial charge in [0.05, 0.1) is 5.92 Å². The van der Waals surface area contributed by atoms with Crippen molar-refractivity contribution in [2.24, 2.45) is 5.92 Å². The number of rotatable bonds is 2. The monoisotopic (exact) mass is 225 g/mol. The Hall–Kier alpha value is -1.70. The molecule has 0 aromatic rings. The number of aliphatic carboxylic acids is 1. The molecular weight excluding hydrogens is 210 g/mol. The van der Waals surface area contributed by atoms with Crippen molar-refractivity contribution in [3.63, 3.8) is 0 Å². The summed E-state index contributed by atoms with van der Waals surface area (Å²) in [5, 5.41) is 11.3. The van der Waals surface area contributed by atoms with Crippen LogP contribution >= 0.6 is 0 Å². The summed E-state index contributed by atoms with van der Waals surface area (Å²) >= 11 is 0. The predicted octanol–water partition coefficient (Wildman–Crippen LogP) is 0.988. The van der Waals surface area contributed by atoms with Crippen molar-refractivity contribution in [1.29, 1.82) is 0 Å². The van der Waals surface area contributed by atoms with E-state index in [9.17, 15) is 9.59 Å². The Labute approximate surface area is 94.2 Å². The minimum Gasteiger partial charge on any atom is -0.479 e. The van der Waals surface area contributed by atoms with Gasteiger partial charge in [0.1, 0.15) is 5.60 Å². The lowest BCUT2D eigenvalue weighted by atomic mass is 10.2. The van der Waals surface area contributed by atoms with Gasteiger partial charge in [0.25, 0.3) is 0 Å². The molecule has 1 aliphatic rings. The zero-order chi connectivity index (χ0) is 12.6. The standard InChI is InChI=1S/C11H15NO4/c1-5-7-6-11(7,8(13)14)12-9(15)16-10(2,3)4/h1,7H,6H2,2-4H3,(H,12,15)(H,13,14)/t7-,11-/m0/s1. The molecule has 2 N–H and O–H groups in total. The number of carbonyl (C=O) groups excluding carboxylic acids is 1. The van der Waals surface area contributed by atoms with Crippen molar-refractivity contribution >= 4 is 12.1 Å². The van der Waals surface area contributed by atoms with Crippen LogP contribution in [0, 0.1) is 18.3 Å². The second-order valence-corrected chi connectivity index (χ2v) is 4.83. The van der Waals surface area contributed by atoms with Gasteiger partial charge in [-0.1, -0.05) is 0 Å². The lowest BCUT2D eigenvalue weighted by Crippen LogP contribution is -2.46. The summed E-state index contributed by atoms with van der Waals surface area (Å²) in [5.74, 6) is 0.744. The molecule has 1 fully saturated rings. The van der Waals surface area contributed by atoms with Crippen molar-refractivity contribution in [1.82, 2.24) is 5.32 Å². The third kappa shape index (κ3) is 2.45. The normalized spacial score (nSPS) is 27.8. The Balaban J connectivity index is 2.64. The molecule has 1 aliphatic carbocycles. The summed E-state index contributed by atoms with van der Waals surface area (Å²) in [5.41, 5.74) is -2.00. The van der Waals surface area contributed by atoms with Crippen molar-refractivity contribution in [2.75, 3.05) is 0 Å². The maximum absolute atomic E-state index is 11.4. The van der Waals surface area contributed by atoms with E-state index >= 15 is 0 Å². The Morgan fingerprint density at radius 2 is 2.12 bits per heavy atom. The van der Waals surface area contributed by atoms with E-state index in [1.54, 1.807) is 20.8 Å². The molecule has 0 aromatic carbocycles. The first-order chi connectivity index (χ1) is 7.21. The first kappa shape index (κ1) is 12.4. The number of amides is 1. The molecule has 1 amide bonds. The molecule has 0 radical (unpaired) electrons. The predicted molar refractivity (Wildman–Crippen MR) is 56.7 cm³/mol. The summed E-state index contributed by atoms with van der Waals surface area (Å²) in [6.45, 7) is 5.10. The molecule has 0 spiro atoms. The highest BCUT2D eigenvalue weighted by atomic mass is 16.6. The van der Waals surface area contributed by atoms with E-state index in [1.165, 1.54) is 0 Å². The molecule has 2 atom stereocenters. The SMILES string of the molecule is C#C[C@H]1C[C@@]1(NC(=O)OC(C)(C)C)C(=O)O. The Kier molecular flexibility index (Phi) is 2.87. The topological polar surface area (TPSA) is 75.6 Å². The highest BCUT2D eigenvalue weighted by Gasteiger charge is 2.61. The molecule has 0 aromatic heterocycles. The third-order valence-corrected chi connectivity index (χ3v) is 2.27. The molecule has 0 heterocycles. The molecular formula is C11H15NO4. The second kappa shape index (κ2) is 3.71. The van der Waals surface area contributed by atoms with E-state index in [4.69, 9.17) is 16.3 Å². The molecule has 1 rings (SSSR count). The van der Waals surface area contributed by atoms with Crippen LogP contribution in [-0.4, -0.2) is 28.3 Å². The van der Waals surface area contributed by atoms with E-state index in [-0.39, 0.29) is 6.42 Å². The minimum absolute atomic E-state index is 0.248. The van der Waals surface area contributed by atoms with E-state index in [1.807, 2.05) is 0 Å². The summed E-state index contributed by atoms with van der Waals surface area (Å²) in [7, 11) is 0. The molecule has 0 saturated heterocycles. The van der Waals surface area contributed by atoms with Gasteiger partial charge in [-0.25, -0.2) is 9.59 Å². The number of carboxylic acids is 1. The van der Waals surface area contributed by atoms with Gasteiger partial charge in [0, 0.05) is 0 Å². The fraction of sp³-hybridized carbons (Fsp3) is 0.636. The minimum atomic E-state index is -1.34. The number of hydrogen-bond acceptors (Lipinski definition) is 3. The van der Waals surface area contributed by atoms with Crippen LogP contribution in [0.4, 0.5) is 4.79 Å². The fourth-order valence-electron chi connectivity index (χ4n) is 1.38. The Morgan fingerprint density at radius 1 is 1.56 bits per heavy atom. The molecule has 0 aliphatic heterocycles. The first-order valence-electron chi connectivity index (χ1n) is 4.92. The number of terminal acetylenes is 1. The Bertz CT molecular complexity index is 363. The van der Waals surface area contributed by atoms with Crippen LogP contribution in [0.15, 0.2) is 0 Å². The average molecular weight is 225 g/mol. The van der Waals surface area contributed by atoms with Crippen molar-refractivity contribution in [2.45, 2.75) is 38.3 Å². The quantitative estimate of drug-likeness (QED) is 0.687. The molecule has 0 bridgehead atoms. The molecule has 1 saturated carbocycles. The zero-order valence-corrected chi connectivity index (χ0v) is 9.53. The van der Waals surface area contributed by atoms with Gasteiger partial charge in [0.2, 0.25) is 0 Å². The van der Waals surface area contributed by atoms with E-state index in [0.717, 1.165) is 0 Å². The number of alkyl carbamates (subject to hydrolysis) is 1. The maximum Gasteiger partial charge on any atom is 0.408 e.